The number of hydrogen-bond acceptors (Lipinski definition) is 4. The average Bonchev–Trinajstić information content (AvgIpc) is 2.14. The quantitative estimate of drug-likeness (QED) is 0.584. The van der Waals surface area contributed by atoms with Gasteiger partial charge in [-0.3, -0.25) is 9.59 Å². The molecule has 3 N–H and O–H groups in total. The molecule has 0 aliphatic heterocycles. The molecule has 0 aliphatic carbocycles. The van der Waals surface area contributed by atoms with E-state index >= 15 is 0 Å². The normalized spacial score (nSPS) is 11.9. The molecule has 1 amide bonds. The van der Waals surface area contributed by atoms with Crippen molar-refractivity contribution in [1.29, 1.82) is 0 Å². The Morgan fingerprint density at radius 2 is 2.07 bits per heavy atom. The predicted octanol–water partition coefficient (Wildman–Crippen LogP) is -0.207. The Kier molecular flexibility index (Phi) is 6.74. The topological polar surface area (TPSA) is 81.4 Å². The maximum atomic E-state index is 11.1. The fourth-order valence-electron chi connectivity index (χ4n) is 0.859. The van der Waals surface area contributed by atoms with Crippen molar-refractivity contribution in [2.75, 3.05) is 13.7 Å². The van der Waals surface area contributed by atoms with Crippen LogP contribution in [0.1, 0.15) is 26.2 Å². The van der Waals surface area contributed by atoms with Crippen LogP contribution in [0.2, 0.25) is 0 Å². The van der Waals surface area contributed by atoms with Gasteiger partial charge in [0.15, 0.2) is 0 Å². The maximum absolute atomic E-state index is 11.1. The van der Waals surface area contributed by atoms with E-state index in [4.69, 9.17) is 5.73 Å². The highest BCUT2D eigenvalue weighted by atomic mass is 16.5. The minimum absolute atomic E-state index is 0.0421. The Balaban J connectivity index is 3.40. The van der Waals surface area contributed by atoms with Gasteiger partial charge in [-0.1, -0.05) is 0 Å². The summed E-state index contributed by atoms with van der Waals surface area (Å²) in [5, 5.41) is 2.66. The van der Waals surface area contributed by atoms with Crippen LogP contribution in [0.3, 0.4) is 0 Å². The molecule has 0 aromatic rings. The van der Waals surface area contributed by atoms with Gasteiger partial charge in [0.05, 0.1) is 7.11 Å². The highest BCUT2D eigenvalue weighted by molar-refractivity contribution is 5.76. The van der Waals surface area contributed by atoms with Gasteiger partial charge in [-0.2, -0.15) is 0 Å². The van der Waals surface area contributed by atoms with Crippen LogP contribution >= 0.6 is 0 Å². The predicted molar refractivity (Wildman–Crippen MR) is 52.5 cm³/mol. The summed E-state index contributed by atoms with van der Waals surface area (Å²) >= 11 is 0. The number of amides is 1. The van der Waals surface area contributed by atoms with Crippen molar-refractivity contribution in [1.82, 2.24) is 5.32 Å². The minimum Gasteiger partial charge on any atom is -0.469 e. The van der Waals surface area contributed by atoms with Gasteiger partial charge in [-0.05, 0) is 13.3 Å². The molecule has 5 nitrogen and oxygen atoms in total. The third kappa shape index (κ3) is 7.54. The van der Waals surface area contributed by atoms with Gasteiger partial charge in [0.1, 0.15) is 0 Å². The van der Waals surface area contributed by atoms with Crippen molar-refractivity contribution in [2.24, 2.45) is 5.73 Å². The summed E-state index contributed by atoms with van der Waals surface area (Å²) in [7, 11) is 1.33. The van der Waals surface area contributed by atoms with E-state index < -0.39 is 0 Å². The molecule has 0 saturated heterocycles. The number of nitrogens with two attached hydrogens (primary N) is 1. The standard InChI is InChI=1S/C9H18N2O3/c1-7(10)6-11-8(12)4-3-5-9(13)14-2/h7H,3-6,10H2,1-2H3,(H,11,12). The molecule has 0 spiro atoms. The molecule has 0 aliphatic rings. The lowest BCUT2D eigenvalue weighted by molar-refractivity contribution is -0.140. The molecule has 0 rings (SSSR count). The first-order chi connectivity index (χ1) is 6.56. The van der Waals surface area contributed by atoms with Crippen LogP contribution in [0.4, 0.5) is 0 Å². The second-order valence-corrected chi connectivity index (χ2v) is 3.21. The van der Waals surface area contributed by atoms with Gasteiger partial charge < -0.3 is 15.8 Å². The molecule has 0 heterocycles. The van der Waals surface area contributed by atoms with Gasteiger partial charge in [0.2, 0.25) is 5.91 Å². The van der Waals surface area contributed by atoms with E-state index in [9.17, 15) is 9.59 Å². The maximum Gasteiger partial charge on any atom is 0.305 e. The van der Waals surface area contributed by atoms with Crippen LogP contribution < -0.4 is 11.1 Å². The zero-order chi connectivity index (χ0) is 11.0. The molecule has 0 radical (unpaired) electrons. The minimum atomic E-state index is -0.287. The number of carbonyl (C=O) groups excluding carboxylic acids is 2. The summed E-state index contributed by atoms with van der Waals surface area (Å²) in [6.07, 6.45) is 1.13. The lowest BCUT2D eigenvalue weighted by atomic mass is 10.2. The van der Waals surface area contributed by atoms with E-state index in [2.05, 4.69) is 10.1 Å². The van der Waals surface area contributed by atoms with E-state index in [-0.39, 0.29) is 24.3 Å². The number of nitrogens with one attached hydrogen (secondary N) is 1. The van der Waals surface area contributed by atoms with Crippen LogP contribution in [0.25, 0.3) is 0 Å². The van der Waals surface area contributed by atoms with Gasteiger partial charge in [-0.25, -0.2) is 0 Å². The second kappa shape index (κ2) is 7.32. The van der Waals surface area contributed by atoms with Crippen molar-refractivity contribution in [3.63, 3.8) is 0 Å². The highest BCUT2D eigenvalue weighted by Crippen LogP contribution is 1.96. The Morgan fingerprint density at radius 3 is 2.57 bits per heavy atom. The molecule has 0 fully saturated rings. The first-order valence-corrected chi connectivity index (χ1v) is 4.65. The monoisotopic (exact) mass is 202 g/mol. The van der Waals surface area contributed by atoms with Crippen molar-refractivity contribution >= 4 is 11.9 Å². The average molecular weight is 202 g/mol. The van der Waals surface area contributed by atoms with E-state index in [0.717, 1.165) is 0 Å². The fraction of sp³-hybridized carbons (Fsp3) is 0.778. The molecular weight excluding hydrogens is 184 g/mol. The molecule has 0 bridgehead atoms. The number of methoxy groups -OCH3 is 1. The Hall–Kier alpha value is -1.10. The lowest BCUT2D eigenvalue weighted by Gasteiger charge is -2.06. The Morgan fingerprint density at radius 1 is 1.43 bits per heavy atom. The summed E-state index contributed by atoms with van der Waals surface area (Å²) in [6, 6.07) is -0.0421. The molecule has 82 valence electrons. The van der Waals surface area contributed by atoms with Gasteiger partial charge in [0.25, 0.3) is 0 Å². The van der Waals surface area contributed by atoms with Crippen molar-refractivity contribution < 1.29 is 14.3 Å². The van der Waals surface area contributed by atoms with E-state index in [1.165, 1.54) is 7.11 Å². The molecule has 0 aromatic carbocycles. The third-order valence-corrected chi connectivity index (χ3v) is 1.63. The molecule has 0 aromatic heterocycles. The van der Waals surface area contributed by atoms with Crippen molar-refractivity contribution in [2.45, 2.75) is 32.2 Å². The van der Waals surface area contributed by atoms with Crippen LogP contribution in [-0.4, -0.2) is 31.6 Å². The number of rotatable bonds is 6. The summed E-state index contributed by atoms with van der Waals surface area (Å²) < 4.78 is 4.44. The van der Waals surface area contributed by atoms with Crippen molar-refractivity contribution in [3.05, 3.63) is 0 Å². The molecular formula is C9H18N2O3. The summed E-state index contributed by atoms with van der Waals surface area (Å²) in [5.74, 6) is -0.365. The van der Waals surface area contributed by atoms with Gasteiger partial charge in [0, 0.05) is 25.4 Å². The molecule has 1 unspecified atom stereocenters. The number of hydrogen-bond donors (Lipinski definition) is 2. The summed E-state index contributed by atoms with van der Waals surface area (Å²) in [4.78, 5) is 21.8. The number of esters is 1. The Bertz CT molecular complexity index is 192. The van der Waals surface area contributed by atoms with Crippen LogP contribution in [0.5, 0.6) is 0 Å². The van der Waals surface area contributed by atoms with E-state index in [1.807, 2.05) is 6.92 Å². The first-order valence-electron chi connectivity index (χ1n) is 4.65. The second-order valence-electron chi connectivity index (χ2n) is 3.21. The van der Waals surface area contributed by atoms with Crippen molar-refractivity contribution in [3.8, 4) is 0 Å². The smallest absolute Gasteiger partial charge is 0.305 e. The summed E-state index contributed by atoms with van der Waals surface area (Å²) in [5.41, 5.74) is 5.45. The molecule has 1 atom stereocenters. The molecule has 14 heavy (non-hydrogen) atoms. The zero-order valence-corrected chi connectivity index (χ0v) is 8.71. The summed E-state index contributed by atoms with van der Waals surface area (Å²) in [6.45, 7) is 2.28. The molecule has 5 heteroatoms. The van der Waals surface area contributed by atoms with E-state index in [0.29, 0.717) is 19.4 Å². The fourth-order valence-corrected chi connectivity index (χ4v) is 0.859. The highest BCUT2D eigenvalue weighted by Gasteiger charge is 2.04. The van der Waals surface area contributed by atoms with E-state index in [1.54, 1.807) is 0 Å². The SMILES string of the molecule is COC(=O)CCCC(=O)NCC(C)N. The Labute approximate surface area is 84.0 Å². The first kappa shape index (κ1) is 12.9. The van der Waals surface area contributed by atoms with Crippen LogP contribution in [0.15, 0.2) is 0 Å². The largest absolute Gasteiger partial charge is 0.469 e. The number of carbonyl (C=O) groups is 2. The van der Waals surface area contributed by atoms with Gasteiger partial charge in [-0.15, -0.1) is 0 Å². The van der Waals surface area contributed by atoms with Gasteiger partial charge >= 0.3 is 5.97 Å². The van der Waals surface area contributed by atoms with Crippen LogP contribution in [-0.2, 0) is 14.3 Å². The third-order valence-electron chi connectivity index (χ3n) is 1.63. The molecule has 0 saturated carbocycles. The zero-order valence-electron chi connectivity index (χ0n) is 8.71. The van der Waals surface area contributed by atoms with Crippen LogP contribution in [0, 0.1) is 0 Å². The number of ether oxygens (including phenoxy) is 1. The lowest BCUT2D eigenvalue weighted by Crippen LogP contribution is -2.35.